The maximum absolute atomic E-state index is 12.3. The molecule has 0 fully saturated rings. The van der Waals surface area contributed by atoms with E-state index in [9.17, 15) is 8.42 Å². The zero-order chi connectivity index (χ0) is 14.8. The first-order valence-electron chi connectivity index (χ1n) is 5.58. The van der Waals surface area contributed by atoms with Crippen molar-refractivity contribution in [1.29, 1.82) is 5.26 Å². The second kappa shape index (κ2) is 5.61. The molecule has 0 spiro atoms. The van der Waals surface area contributed by atoms with Gasteiger partial charge in [0.05, 0.1) is 21.0 Å². The molecular formula is C13H10BrN3O2S. The van der Waals surface area contributed by atoms with Gasteiger partial charge in [-0.05, 0) is 58.7 Å². The monoisotopic (exact) mass is 351 g/mol. The van der Waals surface area contributed by atoms with E-state index in [0.717, 1.165) is 0 Å². The number of hydrogen-bond acceptors (Lipinski definition) is 4. The van der Waals surface area contributed by atoms with Crippen molar-refractivity contribution >= 4 is 31.8 Å². The minimum atomic E-state index is -3.74. The maximum atomic E-state index is 12.3. The lowest BCUT2D eigenvalue weighted by molar-refractivity contribution is 0.601. The van der Waals surface area contributed by atoms with Crippen molar-refractivity contribution in [2.45, 2.75) is 11.8 Å². The molecule has 0 unspecified atom stereocenters. The number of benzene rings is 1. The number of sulfonamides is 1. The Morgan fingerprint density at radius 2 is 2.10 bits per heavy atom. The molecular weight excluding hydrogens is 342 g/mol. The molecule has 0 aliphatic heterocycles. The summed E-state index contributed by atoms with van der Waals surface area (Å²) in [6.45, 7) is 1.69. The lowest BCUT2D eigenvalue weighted by Gasteiger charge is -2.09. The highest BCUT2D eigenvalue weighted by molar-refractivity contribution is 9.10. The van der Waals surface area contributed by atoms with Gasteiger partial charge in [0.15, 0.2) is 5.82 Å². The van der Waals surface area contributed by atoms with Crippen molar-refractivity contribution in [2.75, 3.05) is 4.72 Å². The van der Waals surface area contributed by atoms with E-state index >= 15 is 0 Å². The summed E-state index contributed by atoms with van der Waals surface area (Å²) in [5.74, 6) is 0.217. The summed E-state index contributed by atoms with van der Waals surface area (Å²) in [5, 5.41) is 8.85. The van der Waals surface area contributed by atoms with Crippen molar-refractivity contribution in [3.05, 3.63) is 52.1 Å². The molecule has 102 valence electrons. The van der Waals surface area contributed by atoms with Gasteiger partial charge >= 0.3 is 0 Å². The van der Waals surface area contributed by atoms with E-state index in [-0.39, 0.29) is 10.7 Å². The molecule has 0 saturated heterocycles. The fourth-order valence-corrected chi connectivity index (χ4v) is 3.18. The van der Waals surface area contributed by atoms with Crippen LogP contribution in [0.5, 0.6) is 0 Å². The van der Waals surface area contributed by atoms with E-state index in [2.05, 4.69) is 25.6 Å². The van der Waals surface area contributed by atoms with Crippen LogP contribution in [0.3, 0.4) is 0 Å². The topological polar surface area (TPSA) is 82.8 Å². The first-order chi connectivity index (χ1) is 9.44. The second-order valence-electron chi connectivity index (χ2n) is 4.03. The summed E-state index contributed by atoms with van der Waals surface area (Å²) in [4.78, 5) is 4.05. The van der Waals surface area contributed by atoms with Crippen LogP contribution in [0.4, 0.5) is 5.82 Å². The molecule has 0 atom stereocenters. The van der Waals surface area contributed by atoms with Crippen molar-refractivity contribution in [2.24, 2.45) is 0 Å². The van der Waals surface area contributed by atoms with Crippen LogP contribution in [0.1, 0.15) is 11.1 Å². The minimum absolute atomic E-state index is 0.0894. The molecule has 1 aromatic carbocycles. The number of rotatable bonds is 3. The van der Waals surface area contributed by atoms with E-state index in [1.807, 2.05) is 6.07 Å². The standard InChI is InChI=1S/C13H10BrN3O2S/c1-9-7-11(5-4-10(9)8-15)20(18,19)17-13-12(14)3-2-6-16-13/h2-7H,1H3,(H,16,17). The number of pyridine rings is 1. The smallest absolute Gasteiger partial charge is 0.262 e. The normalized spacial score (nSPS) is 10.8. The van der Waals surface area contributed by atoms with Crippen LogP contribution < -0.4 is 4.72 Å². The predicted molar refractivity (Wildman–Crippen MR) is 78.6 cm³/mol. The molecule has 0 radical (unpaired) electrons. The summed E-state index contributed by atoms with van der Waals surface area (Å²) < 4.78 is 27.5. The number of nitrogens with zero attached hydrogens (tertiary/aromatic N) is 2. The number of hydrogen-bond donors (Lipinski definition) is 1. The zero-order valence-electron chi connectivity index (χ0n) is 10.5. The number of aryl methyl sites for hydroxylation is 1. The molecule has 0 bridgehead atoms. The minimum Gasteiger partial charge on any atom is -0.262 e. The predicted octanol–water partition coefficient (Wildman–Crippen LogP) is 2.83. The Balaban J connectivity index is 2.39. The number of nitrogens with one attached hydrogen (secondary N) is 1. The first-order valence-corrected chi connectivity index (χ1v) is 7.86. The molecule has 2 rings (SSSR count). The molecule has 2 aromatic rings. The van der Waals surface area contributed by atoms with Gasteiger partial charge in [-0.3, -0.25) is 4.72 Å². The summed E-state index contributed by atoms with van der Waals surface area (Å²) >= 11 is 3.23. The van der Waals surface area contributed by atoms with Gasteiger partial charge in [0.2, 0.25) is 0 Å². The van der Waals surface area contributed by atoms with Gasteiger partial charge in [-0.15, -0.1) is 0 Å². The van der Waals surface area contributed by atoms with Crippen LogP contribution in [0.2, 0.25) is 0 Å². The molecule has 20 heavy (non-hydrogen) atoms. The molecule has 1 N–H and O–H groups in total. The van der Waals surface area contributed by atoms with Crippen LogP contribution in [-0.2, 0) is 10.0 Å². The summed E-state index contributed by atoms with van der Waals surface area (Å²) in [6, 6.07) is 9.71. The Labute approximate surface area is 125 Å². The highest BCUT2D eigenvalue weighted by atomic mass is 79.9. The lowest BCUT2D eigenvalue weighted by atomic mass is 10.1. The molecule has 0 aliphatic rings. The summed E-state index contributed by atoms with van der Waals surface area (Å²) in [5.41, 5.74) is 1.05. The summed E-state index contributed by atoms with van der Waals surface area (Å²) in [6.07, 6.45) is 1.49. The summed E-state index contributed by atoms with van der Waals surface area (Å²) in [7, 11) is -3.74. The number of nitriles is 1. The highest BCUT2D eigenvalue weighted by Gasteiger charge is 2.17. The molecule has 1 aromatic heterocycles. The Hall–Kier alpha value is -1.91. The van der Waals surface area contributed by atoms with E-state index in [4.69, 9.17) is 5.26 Å². The molecule has 0 aliphatic carbocycles. The Morgan fingerprint density at radius 3 is 2.70 bits per heavy atom. The van der Waals surface area contributed by atoms with Crippen molar-refractivity contribution in [1.82, 2.24) is 4.98 Å². The Bertz CT molecular complexity index is 798. The molecule has 7 heteroatoms. The van der Waals surface area contributed by atoms with Gasteiger partial charge in [-0.25, -0.2) is 13.4 Å². The molecule has 0 amide bonds. The third kappa shape index (κ3) is 2.98. The van der Waals surface area contributed by atoms with E-state index in [1.165, 1.54) is 24.4 Å². The third-order valence-electron chi connectivity index (χ3n) is 2.62. The fourth-order valence-electron chi connectivity index (χ4n) is 1.58. The van der Waals surface area contributed by atoms with Crippen LogP contribution in [0.25, 0.3) is 0 Å². The van der Waals surface area contributed by atoms with Gasteiger partial charge < -0.3 is 0 Å². The van der Waals surface area contributed by atoms with Gasteiger partial charge in [-0.2, -0.15) is 5.26 Å². The Morgan fingerprint density at radius 1 is 1.35 bits per heavy atom. The largest absolute Gasteiger partial charge is 0.263 e. The first kappa shape index (κ1) is 14.5. The van der Waals surface area contributed by atoms with Gasteiger partial charge in [0, 0.05) is 6.20 Å². The number of halogens is 1. The SMILES string of the molecule is Cc1cc(S(=O)(=O)Nc2ncccc2Br)ccc1C#N. The molecule has 5 nitrogen and oxygen atoms in total. The van der Waals surface area contributed by atoms with Crippen molar-refractivity contribution < 1.29 is 8.42 Å². The van der Waals surface area contributed by atoms with Crippen molar-refractivity contribution in [3.63, 3.8) is 0 Å². The van der Waals surface area contributed by atoms with Gasteiger partial charge in [-0.1, -0.05) is 0 Å². The molecule has 1 heterocycles. The van der Waals surface area contributed by atoms with Crippen molar-refractivity contribution in [3.8, 4) is 6.07 Å². The van der Waals surface area contributed by atoms with E-state index in [1.54, 1.807) is 19.1 Å². The number of aromatic nitrogens is 1. The van der Waals surface area contributed by atoms with Crippen LogP contribution in [0, 0.1) is 18.3 Å². The Kier molecular flexibility index (Phi) is 4.06. The zero-order valence-corrected chi connectivity index (χ0v) is 12.9. The van der Waals surface area contributed by atoms with Gasteiger partial charge in [0.1, 0.15) is 0 Å². The quantitative estimate of drug-likeness (QED) is 0.921. The van der Waals surface area contributed by atoms with Crippen LogP contribution >= 0.6 is 15.9 Å². The van der Waals surface area contributed by atoms with Crippen LogP contribution in [0.15, 0.2) is 45.9 Å². The number of anilines is 1. The maximum Gasteiger partial charge on any atom is 0.263 e. The van der Waals surface area contributed by atoms with E-state index in [0.29, 0.717) is 15.6 Å². The average molecular weight is 352 g/mol. The fraction of sp³-hybridized carbons (Fsp3) is 0.0769. The second-order valence-corrected chi connectivity index (χ2v) is 6.56. The lowest BCUT2D eigenvalue weighted by Crippen LogP contribution is -2.14. The van der Waals surface area contributed by atoms with Crippen LogP contribution in [-0.4, -0.2) is 13.4 Å². The molecule has 0 saturated carbocycles. The van der Waals surface area contributed by atoms with Gasteiger partial charge in [0.25, 0.3) is 10.0 Å². The van der Waals surface area contributed by atoms with E-state index < -0.39 is 10.0 Å². The average Bonchev–Trinajstić information content (AvgIpc) is 2.41. The highest BCUT2D eigenvalue weighted by Crippen LogP contribution is 2.23. The third-order valence-corrected chi connectivity index (χ3v) is 4.59.